The summed E-state index contributed by atoms with van der Waals surface area (Å²) < 4.78 is 32.2. The third kappa shape index (κ3) is 3.63. The number of hydrogen-bond acceptors (Lipinski definition) is 4. The molecule has 0 saturated carbocycles. The Balaban J connectivity index is 2.26. The van der Waals surface area contributed by atoms with E-state index in [1.165, 1.54) is 4.31 Å². The molecule has 2 rings (SSSR count). The first-order chi connectivity index (χ1) is 10.1. The van der Waals surface area contributed by atoms with Crippen molar-refractivity contribution < 1.29 is 18.3 Å². The minimum atomic E-state index is -3.50. The Hall–Kier alpha value is -1.39. The van der Waals surface area contributed by atoms with Gasteiger partial charge in [-0.15, -0.1) is 0 Å². The van der Waals surface area contributed by atoms with Crippen molar-refractivity contribution in [1.82, 2.24) is 4.31 Å². The average Bonchev–Trinajstić information content (AvgIpc) is 2.53. The van der Waals surface area contributed by atoms with E-state index in [1.807, 2.05) is 6.92 Å². The van der Waals surface area contributed by atoms with Crippen LogP contribution in [0.15, 0.2) is 29.2 Å². The van der Waals surface area contributed by atoms with E-state index in [-0.39, 0.29) is 17.5 Å². The Morgan fingerprint density at radius 2 is 2.10 bits per heavy atom. The monoisotopic (exact) mass is 309 g/mol. The molecule has 1 N–H and O–H groups in total. The number of morpholine rings is 1. The molecule has 1 unspecified atom stereocenters. The van der Waals surface area contributed by atoms with Gasteiger partial charge in [0.1, 0.15) is 6.61 Å². The van der Waals surface area contributed by atoms with E-state index in [2.05, 4.69) is 11.8 Å². The second-order valence-corrected chi connectivity index (χ2v) is 6.63. The van der Waals surface area contributed by atoms with Gasteiger partial charge in [-0.2, -0.15) is 4.31 Å². The molecule has 1 aromatic rings. The zero-order valence-corrected chi connectivity index (χ0v) is 12.8. The molecule has 5 nitrogen and oxygen atoms in total. The quantitative estimate of drug-likeness (QED) is 0.840. The minimum absolute atomic E-state index is 0.113. The smallest absolute Gasteiger partial charge is 0.243 e. The fourth-order valence-electron chi connectivity index (χ4n) is 2.26. The van der Waals surface area contributed by atoms with E-state index >= 15 is 0 Å². The molecular formula is C15H19NO4S. The van der Waals surface area contributed by atoms with Gasteiger partial charge in [0.25, 0.3) is 0 Å². The molecule has 114 valence electrons. The molecule has 0 aromatic heterocycles. The maximum absolute atomic E-state index is 12.7. The highest BCUT2D eigenvalue weighted by atomic mass is 32.2. The molecule has 1 heterocycles. The number of sulfonamides is 1. The van der Waals surface area contributed by atoms with Crippen molar-refractivity contribution in [2.45, 2.75) is 24.3 Å². The van der Waals surface area contributed by atoms with Crippen LogP contribution in [-0.4, -0.2) is 50.2 Å². The molecule has 1 fully saturated rings. The maximum atomic E-state index is 12.7. The van der Waals surface area contributed by atoms with Gasteiger partial charge in [0.05, 0.1) is 18.1 Å². The Morgan fingerprint density at radius 3 is 2.71 bits per heavy atom. The molecule has 0 amide bonds. The van der Waals surface area contributed by atoms with Crippen LogP contribution in [0.25, 0.3) is 0 Å². The van der Waals surface area contributed by atoms with Crippen LogP contribution in [-0.2, 0) is 14.8 Å². The molecule has 0 spiro atoms. The van der Waals surface area contributed by atoms with E-state index < -0.39 is 10.0 Å². The molecule has 1 aliphatic heterocycles. The van der Waals surface area contributed by atoms with Crippen molar-refractivity contribution in [3.8, 4) is 11.8 Å². The fraction of sp³-hybridized carbons (Fsp3) is 0.467. The number of nitrogens with zero attached hydrogens (tertiary/aromatic N) is 1. The van der Waals surface area contributed by atoms with E-state index in [0.29, 0.717) is 25.3 Å². The number of benzene rings is 1. The van der Waals surface area contributed by atoms with Gasteiger partial charge in [-0.25, -0.2) is 8.42 Å². The van der Waals surface area contributed by atoms with Crippen LogP contribution in [0.4, 0.5) is 0 Å². The molecule has 0 aliphatic carbocycles. The lowest BCUT2D eigenvalue weighted by atomic mass is 10.2. The Morgan fingerprint density at radius 1 is 1.38 bits per heavy atom. The van der Waals surface area contributed by atoms with E-state index in [9.17, 15) is 8.42 Å². The maximum Gasteiger partial charge on any atom is 0.243 e. The first-order valence-corrected chi connectivity index (χ1v) is 8.33. The SMILES string of the molecule is CCC1COCCN1S(=O)(=O)c1ccc(C#CCO)cc1. The van der Waals surface area contributed by atoms with Crippen LogP contribution in [0.5, 0.6) is 0 Å². The number of aliphatic hydroxyl groups excluding tert-OH is 1. The first kappa shape index (κ1) is 16.0. The highest BCUT2D eigenvalue weighted by Crippen LogP contribution is 2.22. The summed E-state index contributed by atoms with van der Waals surface area (Å²) in [6.45, 7) is 2.99. The molecular weight excluding hydrogens is 290 g/mol. The first-order valence-electron chi connectivity index (χ1n) is 6.89. The van der Waals surface area contributed by atoms with Gasteiger partial charge >= 0.3 is 0 Å². The van der Waals surface area contributed by atoms with E-state index in [4.69, 9.17) is 9.84 Å². The van der Waals surface area contributed by atoms with Crippen LogP contribution in [0.2, 0.25) is 0 Å². The topological polar surface area (TPSA) is 66.8 Å². The fourth-order valence-corrected chi connectivity index (χ4v) is 3.93. The lowest BCUT2D eigenvalue weighted by molar-refractivity contribution is 0.0314. The largest absolute Gasteiger partial charge is 0.384 e. The summed E-state index contributed by atoms with van der Waals surface area (Å²) in [5, 5.41) is 8.65. The molecule has 1 saturated heterocycles. The molecule has 6 heteroatoms. The summed E-state index contributed by atoms with van der Waals surface area (Å²) in [6, 6.07) is 6.30. The van der Waals surface area contributed by atoms with Crippen molar-refractivity contribution in [3.63, 3.8) is 0 Å². The summed E-state index contributed by atoms with van der Waals surface area (Å²) in [5.41, 5.74) is 0.678. The number of ether oxygens (including phenoxy) is 1. The van der Waals surface area contributed by atoms with Crippen LogP contribution in [0.3, 0.4) is 0 Å². The second kappa shape index (κ2) is 7.05. The van der Waals surface area contributed by atoms with Gasteiger partial charge in [0.15, 0.2) is 0 Å². The van der Waals surface area contributed by atoms with Gasteiger partial charge in [-0.3, -0.25) is 0 Å². The molecule has 21 heavy (non-hydrogen) atoms. The molecule has 0 bridgehead atoms. The van der Waals surface area contributed by atoms with Crippen molar-refractivity contribution >= 4 is 10.0 Å². The summed E-state index contributed by atoms with van der Waals surface area (Å²) in [6.07, 6.45) is 0.722. The van der Waals surface area contributed by atoms with Crippen molar-refractivity contribution in [2.75, 3.05) is 26.4 Å². The third-order valence-electron chi connectivity index (χ3n) is 3.42. The van der Waals surface area contributed by atoms with Crippen LogP contribution in [0, 0.1) is 11.8 Å². The van der Waals surface area contributed by atoms with E-state index in [1.54, 1.807) is 24.3 Å². The van der Waals surface area contributed by atoms with Crippen molar-refractivity contribution in [3.05, 3.63) is 29.8 Å². The summed E-state index contributed by atoms with van der Waals surface area (Å²) >= 11 is 0. The highest BCUT2D eigenvalue weighted by molar-refractivity contribution is 7.89. The van der Waals surface area contributed by atoms with Crippen LogP contribution < -0.4 is 0 Å². The second-order valence-electron chi connectivity index (χ2n) is 4.74. The number of rotatable bonds is 3. The molecule has 1 atom stereocenters. The van der Waals surface area contributed by atoms with Crippen LogP contribution >= 0.6 is 0 Å². The van der Waals surface area contributed by atoms with Gasteiger partial charge in [-0.1, -0.05) is 18.8 Å². The van der Waals surface area contributed by atoms with Crippen molar-refractivity contribution in [1.29, 1.82) is 0 Å². The number of hydrogen-bond donors (Lipinski definition) is 1. The lowest BCUT2D eigenvalue weighted by Gasteiger charge is -2.33. The molecule has 0 radical (unpaired) electrons. The van der Waals surface area contributed by atoms with Gasteiger partial charge in [0.2, 0.25) is 10.0 Å². The predicted molar refractivity (Wildman–Crippen MR) is 79.2 cm³/mol. The summed E-state index contributed by atoms with van der Waals surface area (Å²) in [4.78, 5) is 0.261. The van der Waals surface area contributed by atoms with Gasteiger partial charge in [-0.05, 0) is 30.7 Å². The van der Waals surface area contributed by atoms with Gasteiger partial charge < -0.3 is 9.84 Å². The Bertz CT molecular complexity index is 628. The van der Waals surface area contributed by atoms with E-state index in [0.717, 1.165) is 6.42 Å². The minimum Gasteiger partial charge on any atom is -0.384 e. The lowest BCUT2D eigenvalue weighted by Crippen LogP contribution is -2.48. The standard InChI is InChI=1S/C15H19NO4S/c1-2-14-12-20-11-9-16(14)21(18,19)15-7-5-13(6-8-15)4-3-10-17/h5-8,14,17H,2,9-12H2,1H3. The summed E-state index contributed by atoms with van der Waals surface area (Å²) in [5.74, 6) is 5.28. The number of aliphatic hydroxyl groups is 1. The normalized spacial score (nSPS) is 19.8. The van der Waals surface area contributed by atoms with Gasteiger partial charge in [0, 0.05) is 18.2 Å². The van der Waals surface area contributed by atoms with Crippen LogP contribution in [0.1, 0.15) is 18.9 Å². The predicted octanol–water partition coefficient (Wildman–Crippen LogP) is 0.830. The summed E-state index contributed by atoms with van der Waals surface area (Å²) in [7, 11) is -3.50. The third-order valence-corrected chi connectivity index (χ3v) is 5.38. The average molecular weight is 309 g/mol. The Kier molecular flexibility index (Phi) is 5.37. The Labute approximate surface area is 125 Å². The van der Waals surface area contributed by atoms with Crippen molar-refractivity contribution in [2.24, 2.45) is 0 Å². The zero-order chi connectivity index (χ0) is 15.3. The zero-order valence-electron chi connectivity index (χ0n) is 11.9. The highest BCUT2D eigenvalue weighted by Gasteiger charge is 2.32. The molecule has 1 aliphatic rings. The molecule has 1 aromatic carbocycles.